The van der Waals surface area contributed by atoms with Gasteiger partial charge in [0.15, 0.2) is 0 Å². The number of carbonyl (C=O) groups is 1. The lowest BCUT2D eigenvalue weighted by Gasteiger charge is -2.37. The highest BCUT2D eigenvalue weighted by molar-refractivity contribution is 6.30. The van der Waals surface area contributed by atoms with Crippen LogP contribution in [0.3, 0.4) is 0 Å². The van der Waals surface area contributed by atoms with E-state index in [-0.39, 0.29) is 12.1 Å². The van der Waals surface area contributed by atoms with Crippen molar-refractivity contribution in [2.45, 2.75) is 32.9 Å². The zero-order chi connectivity index (χ0) is 18.4. The van der Waals surface area contributed by atoms with Gasteiger partial charge in [-0.1, -0.05) is 37.6 Å². The molecule has 1 fully saturated rings. The summed E-state index contributed by atoms with van der Waals surface area (Å²) in [5.74, 6) is 0.467. The lowest BCUT2D eigenvalue weighted by Crippen LogP contribution is -2.52. The molecule has 1 aromatic rings. The van der Waals surface area contributed by atoms with Crippen molar-refractivity contribution in [3.8, 4) is 0 Å². The Morgan fingerprint density at radius 3 is 2.60 bits per heavy atom. The molecule has 2 rings (SSSR count). The molecule has 140 valence electrons. The molecule has 0 radical (unpaired) electrons. The molecule has 1 N–H and O–H groups in total. The quantitative estimate of drug-likeness (QED) is 0.838. The number of hydrogen-bond acceptors (Lipinski definition) is 3. The van der Waals surface area contributed by atoms with Crippen LogP contribution < -0.4 is 5.32 Å². The first-order valence-corrected chi connectivity index (χ1v) is 9.36. The molecule has 1 heterocycles. The van der Waals surface area contributed by atoms with E-state index in [1.807, 2.05) is 38.2 Å². The Bertz CT molecular complexity index is 561. The maximum atomic E-state index is 12.6. The van der Waals surface area contributed by atoms with Crippen molar-refractivity contribution >= 4 is 17.6 Å². The van der Waals surface area contributed by atoms with Crippen molar-refractivity contribution in [2.24, 2.45) is 5.92 Å². The lowest BCUT2D eigenvalue weighted by molar-refractivity contribution is 0.00692. The number of hydrogen-bond donors (Lipinski definition) is 1. The van der Waals surface area contributed by atoms with Crippen molar-refractivity contribution < 1.29 is 9.53 Å². The summed E-state index contributed by atoms with van der Waals surface area (Å²) in [4.78, 5) is 16.7. The Kier molecular flexibility index (Phi) is 7.54. The van der Waals surface area contributed by atoms with Gasteiger partial charge in [0.25, 0.3) is 0 Å². The van der Waals surface area contributed by atoms with Crippen LogP contribution in [0, 0.1) is 5.92 Å². The third-order valence-electron chi connectivity index (χ3n) is 4.98. The van der Waals surface area contributed by atoms with Crippen LogP contribution in [0.5, 0.6) is 0 Å². The van der Waals surface area contributed by atoms with Gasteiger partial charge in [-0.05, 0) is 30.5 Å². The number of morpholine rings is 1. The Labute approximate surface area is 156 Å². The molecule has 2 unspecified atom stereocenters. The minimum Gasteiger partial charge on any atom is -0.379 e. The van der Waals surface area contributed by atoms with E-state index in [1.165, 1.54) is 0 Å². The molecule has 5 nitrogen and oxygen atoms in total. The average molecular weight is 368 g/mol. The van der Waals surface area contributed by atoms with E-state index in [1.54, 1.807) is 4.90 Å². The lowest BCUT2D eigenvalue weighted by atomic mass is 10.0. The number of amides is 2. The molecule has 2 amide bonds. The normalized spacial score (nSPS) is 18.0. The van der Waals surface area contributed by atoms with Crippen LogP contribution >= 0.6 is 11.6 Å². The number of carbonyl (C=O) groups excluding carboxylic acids is 1. The number of nitrogens with one attached hydrogen (secondary N) is 1. The number of rotatable bonds is 6. The predicted octanol–water partition coefficient (Wildman–Crippen LogP) is 3.40. The zero-order valence-corrected chi connectivity index (χ0v) is 16.4. The summed E-state index contributed by atoms with van der Waals surface area (Å²) in [6.07, 6.45) is 0. The fraction of sp³-hybridized carbons (Fsp3) is 0.632. The van der Waals surface area contributed by atoms with Crippen LogP contribution in [0.4, 0.5) is 4.79 Å². The highest BCUT2D eigenvalue weighted by Gasteiger charge is 2.25. The van der Waals surface area contributed by atoms with Crippen molar-refractivity contribution in [1.29, 1.82) is 0 Å². The van der Waals surface area contributed by atoms with Crippen LogP contribution in [0.25, 0.3) is 0 Å². The molecular formula is C19H30ClN3O2. The van der Waals surface area contributed by atoms with Gasteiger partial charge in [-0.15, -0.1) is 0 Å². The monoisotopic (exact) mass is 367 g/mol. The van der Waals surface area contributed by atoms with Crippen LogP contribution in [-0.2, 0) is 4.74 Å². The maximum Gasteiger partial charge on any atom is 0.317 e. The fourth-order valence-electron chi connectivity index (χ4n) is 3.18. The number of urea groups is 1. The van der Waals surface area contributed by atoms with Gasteiger partial charge in [0, 0.05) is 37.7 Å². The smallest absolute Gasteiger partial charge is 0.317 e. The van der Waals surface area contributed by atoms with Crippen molar-refractivity contribution in [3.63, 3.8) is 0 Å². The van der Waals surface area contributed by atoms with Crippen molar-refractivity contribution in [3.05, 3.63) is 34.9 Å². The molecule has 0 aliphatic carbocycles. The van der Waals surface area contributed by atoms with Gasteiger partial charge >= 0.3 is 6.03 Å². The third kappa shape index (κ3) is 5.59. The first kappa shape index (κ1) is 20.0. The maximum absolute atomic E-state index is 12.6. The Morgan fingerprint density at radius 1 is 1.32 bits per heavy atom. The number of benzene rings is 1. The van der Waals surface area contributed by atoms with E-state index < -0.39 is 0 Å². The van der Waals surface area contributed by atoms with E-state index in [2.05, 4.69) is 24.1 Å². The molecule has 1 aliphatic heterocycles. The molecule has 1 aliphatic rings. The number of halogens is 1. The largest absolute Gasteiger partial charge is 0.379 e. The second kappa shape index (κ2) is 9.41. The molecule has 1 saturated heterocycles. The minimum absolute atomic E-state index is 0.0420. The van der Waals surface area contributed by atoms with Crippen molar-refractivity contribution in [2.75, 3.05) is 39.9 Å². The van der Waals surface area contributed by atoms with E-state index in [0.29, 0.717) is 23.5 Å². The molecule has 6 heteroatoms. The molecule has 2 atom stereocenters. The topological polar surface area (TPSA) is 44.8 Å². The molecule has 25 heavy (non-hydrogen) atoms. The van der Waals surface area contributed by atoms with Gasteiger partial charge in [0.2, 0.25) is 0 Å². The van der Waals surface area contributed by atoms with Crippen LogP contribution in [0.1, 0.15) is 32.4 Å². The second-order valence-electron chi connectivity index (χ2n) is 6.99. The Hall–Kier alpha value is -1.30. The molecule has 0 saturated carbocycles. The van der Waals surface area contributed by atoms with E-state index in [4.69, 9.17) is 16.3 Å². The van der Waals surface area contributed by atoms with Crippen LogP contribution in [0.15, 0.2) is 24.3 Å². The SMILES string of the molecule is CC(C)C(CNC(=O)N(C)C(C)c1cccc(Cl)c1)N1CCOCC1. The minimum atomic E-state index is -0.0635. The molecule has 0 spiro atoms. The number of ether oxygens (including phenoxy) is 1. The number of nitrogens with zero attached hydrogens (tertiary/aromatic N) is 2. The summed E-state index contributed by atoms with van der Waals surface area (Å²) in [6, 6.07) is 7.86. The van der Waals surface area contributed by atoms with E-state index >= 15 is 0 Å². The van der Waals surface area contributed by atoms with Crippen LogP contribution in [-0.4, -0.2) is 61.8 Å². The molecule has 0 bridgehead atoms. The summed E-state index contributed by atoms with van der Waals surface area (Å²) in [6.45, 7) is 10.4. The van der Waals surface area contributed by atoms with Gasteiger partial charge in [-0.2, -0.15) is 0 Å². The van der Waals surface area contributed by atoms with Gasteiger partial charge < -0.3 is 15.0 Å². The van der Waals surface area contributed by atoms with Crippen molar-refractivity contribution in [1.82, 2.24) is 15.1 Å². The summed E-state index contributed by atoms with van der Waals surface area (Å²) in [5, 5.41) is 3.78. The summed E-state index contributed by atoms with van der Waals surface area (Å²) in [5.41, 5.74) is 1.03. The van der Waals surface area contributed by atoms with Crippen LogP contribution in [0.2, 0.25) is 5.02 Å². The van der Waals surface area contributed by atoms with Gasteiger partial charge in [0.05, 0.1) is 19.3 Å². The van der Waals surface area contributed by atoms with Gasteiger partial charge in [-0.3, -0.25) is 4.90 Å². The average Bonchev–Trinajstić information content (AvgIpc) is 2.61. The van der Waals surface area contributed by atoms with Gasteiger partial charge in [0.1, 0.15) is 0 Å². The Morgan fingerprint density at radius 2 is 2.00 bits per heavy atom. The Balaban J connectivity index is 1.92. The van der Waals surface area contributed by atoms with E-state index in [9.17, 15) is 4.79 Å². The van der Waals surface area contributed by atoms with E-state index in [0.717, 1.165) is 31.9 Å². The molecule has 1 aromatic carbocycles. The summed E-state index contributed by atoms with van der Waals surface area (Å²) < 4.78 is 5.44. The predicted molar refractivity (Wildman–Crippen MR) is 102 cm³/mol. The first-order chi connectivity index (χ1) is 11.9. The zero-order valence-electron chi connectivity index (χ0n) is 15.7. The summed E-state index contributed by atoms with van der Waals surface area (Å²) in [7, 11) is 1.82. The fourth-order valence-corrected chi connectivity index (χ4v) is 3.38. The third-order valence-corrected chi connectivity index (χ3v) is 5.21. The summed E-state index contributed by atoms with van der Waals surface area (Å²) >= 11 is 6.06. The molecule has 0 aromatic heterocycles. The highest BCUT2D eigenvalue weighted by atomic mass is 35.5. The molecular weight excluding hydrogens is 338 g/mol. The van der Waals surface area contributed by atoms with Gasteiger partial charge in [-0.25, -0.2) is 4.79 Å². The highest BCUT2D eigenvalue weighted by Crippen LogP contribution is 2.22. The standard InChI is InChI=1S/C19H30ClN3O2/c1-14(2)18(23-8-10-25-11-9-23)13-21-19(24)22(4)15(3)16-6-5-7-17(20)12-16/h5-7,12,14-15,18H,8-11,13H2,1-4H3,(H,21,24). The first-order valence-electron chi connectivity index (χ1n) is 8.98. The second-order valence-corrected chi connectivity index (χ2v) is 7.42.